The van der Waals surface area contributed by atoms with Gasteiger partial charge in [0.2, 0.25) is 5.91 Å². The zero-order valence-corrected chi connectivity index (χ0v) is 12.8. The predicted molar refractivity (Wildman–Crippen MR) is 86.1 cm³/mol. The SMILES string of the molecule is CN1CCN(CCNC(=O)CCc2ccc(N)cc2)CC1. The quantitative estimate of drug-likeness (QED) is 0.752. The molecule has 0 saturated carbocycles. The molecule has 5 nitrogen and oxygen atoms in total. The van der Waals surface area contributed by atoms with E-state index in [2.05, 4.69) is 22.2 Å². The predicted octanol–water partition coefficient (Wildman–Crippen LogP) is 0.565. The van der Waals surface area contributed by atoms with E-state index in [1.165, 1.54) is 0 Å². The van der Waals surface area contributed by atoms with Crippen LogP contribution in [-0.4, -0.2) is 62.0 Å². The molecule has 116 valence electrons. The van der Waals surface area contributed by atoms with E-state index in [0.29, 0.717) is 6.42 Å². The maximum atomic E-state index is 11.8. The Balaban J connectivity index is 1.58. The Hall–Kier alpha value is -1.59. The van der Waals surface area contributed by atoms with Crippen LogP contribution in [0.5, 0.6) is 0 Å². The summed E-state index contributed by atoms with van der Waals surface area (Å²) in [6, 6.07) is 7.71. The van der Waals surface area contributed by atoms with Crippen LogP contribution in [0.2, 0.25) is 0 Å². The number of carbonyl (C=O) groups excluding carboxylic acids is 1. The van der Waals surface area contributed by atoms with Gasteiger partial charge in [-0.2, -0.15) is 0 Å². The molecule has 21 heavy (non-hydrogen) atoms. The van der Waals surface area contributed by atoms with Crippen molar-refractivity contribution in [3.05, 3.63) is 29.8 Å². The van der Waals surface area contributed by atoms with Crippen LogP contribution in [0.4, 0.5) is 5.69 Å². The minimum atomic E-state index is 0.126. The van der Waals surface area contributed by atoms with E-state index in [1.807, 2.05) is 24.3 Å². The topological polar surface area (TPSA) is 61.6 Å². The lowest BCUT2D eigenvalue weighted by Crippen LogP contribution is -2.46. The van der Waals surface area contributed by atoms with Crippen LogP contribution in [-0.2, 0) is 11.2 Å². The number of nitrogen functional groups attached to an aromatic ring is 1. The number of piperazine rings is 1. The van der Waals surface area contributed by atoms with Crippen molar-refractivity contribution < 1.29 is 4.79 Å². The number of aryl methyl sites for hydroxylation is 1. The minimum Gasteiger partial charge on any atom is -0.399 e. The van der Waals surface area contributed by atoms with Crippen molar-refractivity contribution in [2.75, 3.05) is 52.0 Å². The number of benzene rings is 1. The molecule has 0 aromatic heterocycles. The summed E-state index contributed by atoms with van der Waals surface area (Å²) < 4.78 is 0. The van der Waals surface area contributed by atoms with Crippen molar-refractivity contribution in [2.24, 2.45) is 0 Å². The summed E-state index contributed by atoms with van der Waals surface area (Å²) in [6.45, 7) is 6.11. The maximum absolute atomic E-state index is 11.8. The highest BCUT2D eigenvalue weighted by molar-refractivity contribution is 5.76. The van der Waals surface area contributed by atoms with Crippen LogP contribution in [0, 0.1) is 0 Å². The summed E-state index contributed by atoms with van der Waals surface area (Å²) in [6.07, 6.45) is 1.30. The van der Waals surface area contributed by atoms with Crippen molar-refractivity contribution in [1.29, 1.82) is 0 Å². The summed E-state index contributed by atoms with van der Waals surface area (Å²) in [7, 11) is 2.15. The molecule has 2 rings (SSSR count). The van der Waals surface area contributed by atoms with E-state index in [1.54, 1.807) is 0 Å². The van der Waals surface area contributed by atoms with E-state index in [4.69, 9.17) is 5.73 Å². The molecule has 1 aromatic carbocycles. The van der Waals surface area contributed by atoms with Crippen LogP contribution in [0.1, 0.15) is 12.0 Å². The van der Waals surface area contributed by atoms with Crippen molar-refractivity contribution in [1.82, 2.24) is 15.1 Å². The molecule has 1 heterocycles. The molecule has 1 aliphatic rings. The zero-order valence-electron chi connectivity index (χ0n) is 12.8. The highest BCUT2D eigenvalue weighted by Gasteiger charge is 2.13. The lowest BCUT2D eigenvalue weighted by atomic mass is 10.1. The molecule has 0 unspecified atom stereocenters. The Labute approximate surface area is 127 Å². The summed E-state index contributed by atoms with van der Waals surface area (Å²) in [5.74, 6) is 0.126. The Kier molecular flexibility index (Phi) is 6.02. The van der Waals surface area contributed by atoms with Crippen molar-refractivity contribution in [3.63, 3.8) is 0 Å². The first-order chi connectivity index (χ1) is 10.1. The smallest absolute Gasteiger partial charge is 0.220 e. The number of rotatable bonds is 6. The second kappa shape index (κ2) is 8.00. The molecule has 0 atom stereocenters. The summed E-state index contributed by atoms with van der Waals surface area (Å²) in [5.41, 5.74) is 7.55. The average Bonchev–Trinajstić information content (AvgIpc) is 2.49. The summed E-state index contributed by atoms with van der Waals surface area (Å²) in [5, 5.41) is 3.00. The summed E-state index contributed by atoms with van der Waals surface area (Å²) in [4.78, 5) is 16.6. The van der Waals surface area contributed by atoms with Gasteiger partial charge in [-0.25, -0.2) is 0 Å². The van der Waals surface area contributed by atoms with Gasteiger partial charge < -0.3 is 16.0 Å². The number of hydrogen-bond donors (Lipinski definition) is 2. The Morgan fingerprint density at radius 2 is 1.86 bits per heavy atom. The second-order valence-corrected chi connectivity index (χ2v) is 5.74. The van der Waals surface area contributed by atoms with Crippen molar-refractivity contribution in [3.8, 4) is 0 Å². The van der Waals surface area contributed by atoms with E-state index in [9.17, 15) is 4.79 Å². The molecule has 1 fully saturated rings. The van der Waals surface area contributed by atoms with Crippen molar-refractivity contribution in [2.45, 2.75) is 12.8 Å². The van der Waals surface area contributed by atoms with Crippen LogP contribution < -0.4 is 11.1 Å². The van der Waals surface area contributed by atoms with E-state index in [0.717, 1.165) is 56.9 Å². The Morgan fingerprint density at radius 1 is 1.19 bits per heavy atom. The van der Waals surface area contributed by atoms with Gasteiger partial charge in [0, 0.05) is 51.4 Å². The van der Waals surface area contributed by atoms with E-state index in [-0.39, 0.29) is 5.91 Å². The second-order valence-electron chi connectivity index (χ2n) is 5.74. The Morgan fingerprint density at radius 3 is 2.52 bits per heavy atom. The molecule has 1 aromatic rings. The fraction of sp³-hybridized carbons (Fsp3) is 0.562. The third kappa shape index (κ3) is 5.73. The zero-order chi connectivity index (χ0) is 15.1. The van der Waals surface area contributed by atoms with Gasteiger partial charge in [0.15, 0.2) is 0 Å². The molecule has 1 amide bonds. The molecule has 5 heteroatoms. The lowest BCUT2D eigenvalue weighted by Gasteiger charge is -2.32. The summed E-state index contributed by atoms with van der Waals surface area (Å²) >= 11 is 0. The van der Waals surface area contributed by atoms with Gasteiger partial charge in [0.1, 0.15) is 0 Å². The maximum Gasteiger partial charge on any atom is 0.220 e. The number of likely N-dealkylation sites (N-methyl/N-ethyl adjacent to an activating group) is 1. The van der Waals surface area contributed by atoms with Gasteiger partial charge in [-0.3, -0.25) is 9.69 Å². The minimum absolute atomic E-state index is 0.126. The molecule has 0 bridgehead atoms. The van der Waals surface area contributed by atoms with Crippen LogP contribution in [0.25, 0.3) is 0 Å². The first kappa shape index (κ1) is 15.8. The highest BCUT2D eigenvalue weighted by Crippen LogP contribution is 2.07. The Bertz CT molecular complexity index is 438. The highest BCUT2D eigenvalue weighted by atomic mass is 16.1. The van der Waals surface area contributed by atoms with E-state index >= 15 is 0 Å². The first-order valence-electron chi connectivity index (χ1n) is 7.65. The standard InChI is InChI=1S/C16H26N4O/c1-19-10-12-20(13-11-19)9-8-18-16(21)7-4-14-2-5-15(17)6-3-14/h2-3,5-6H,4,7-13,17H2,1H3,(H,18,21). The van der Waals surface area contributed by atoms with Gasteiger partial charge in [0.25, 0.3) is 0 Å². The number of nitrogens with two attached hydrogens (primary N) is 1. The molecular formula is C16H26N4O. The molecule has 1 saturated heterocycles. The van der Waals surface area contributed by atoms with Crippen LogP contribution >= 0.6 is 0 Å². The number of amides is 1. The fourth-order valence-electron chi connectivity index (χ4n) is 2.46. The number of nitrogens with zero attached hydrogens (tertiary/aromatic N) is 2. The fourth-order valence-corrected chi connectivity index (χ4v) is 2.46. The largest absolute Gasteiger partial charge is 0.399 e. The van der Waals surface area contributed by atoms with Crippen LogP contribution in [0.15, 0.2) is 24.3 Å². The molecule has 3 N–H and O–H groups in total. The molecule has 1 aliphatic heterocycles. The molecule has 0 radical (unpaired) electrons. The average molecular weight is 290 g/mol. The van der Waals surface area contributed by atoms with Gasteiger partial charge in [-0.1, -0.05) is 12.1 Å². The normalized spacial score (nSPS) is 16.8. The molecule has 0 aliphatic carbocycles. The van der Waals surface area contributed by atoms with Gasteiger partial charge in [-0.15, -0.1) is 0 Å². The molecular weight excluding hydrogens is 264 g/mol. The first-order valence-corrected chi connectivity index (χ1v) is 7.65. The van der Waals surface area contributed by atoms with Gasteiger partial charge in [0.05, 0.1) is 0 Å². The number of hydrogen-bond acceptors (Lipinski definition) is 4. The van der Waals surface area contributed by atoms with Crippen LogP contribution in [0.3, 0.4) is 0 Å². The number of nitrogens with one attached hydrogen (secondary N) is 1. The monoisotopic (exact) mass is 290 g/mol. The van der Waals surface area contributed by atoms with Gasteiger partial charge >= 0.3 is 0 Å². The van der Waals surface area contributed by atoms with E-state index < -0.39 is 0 Å². The molecule has 0 spiro atoms. The number of anilines is 1. The number of carbonyl (C=O) groups is 1. The van der Waals surface area contributed by atoms with Gasteiger partial charge in [-0.05, 0) is 31.2 Å². The van der Waals surface area contributed by atoms with Crippen molar-refractivity contribution >= 4 is 11.6 Å². The lowest BCUT2D eigenvalue weighted by molar-refractivity contribution is -0.121. The third-order valence-electron chi connectivity index (χ3n) is 3.97. The third-order valence-corrected chi connectivity index (χ3v) is 3.97.